The molecule has 0 fully saturated rings. The number of nitrogens with zero attached hydrogens (tertiary/aromatic N) is 1. The van der Waals surface area contributed by atoms with Gasteiger partial charge in [-0.15, -0.1) is 0 Å². The Labute approximate surface area is 123 Å². The van der Waals surface area contributed by atoms with E-state index in [1.165, 1.54) is 0 Å². The Morgan fingerprint density at radius 2 is 2.14 bits per heavy atom. The summed E-state index contributed by atoms with van der Waals surface area (Å²) in [5.74, 6) is 0.612. The van der Waals surface area contributed by atoms with E-state index in [0.717, 1.165) is 11.3 Å². The van der Waals surface area contributed by atoms with Crippen molar-refractivity contribution in [1.82, 2.24) is 5.43 Å². The molecule has 6 nitrogen and oxygen atoms in total. The number of carbonyl (C=O) groups is 2. The van der Waals surface area contributed by atoms with E-state index in [0.29, 0.717) is 17.8 Å². The lowest BCUT2D eigenvalue weighted by molar-refractivity contribution is -0.121. The molecule has 2 N–H and O–H groups in total. The number of carbonyl (C=O) groups excluding carboxylic acids is 2. The molecule has 1 aromatic carbocycles. The molecule has 1 aromatic rings. The van der Waals surface area contributed by atoms with Crippen molar-refractivity contribution in [2.45, 2.75) is 32.6 Å². The van der Waals surface area contributed by atoms with Crippen LogP contribution in [0.2, 0.25) is 0 Å². The Morgan fingerprint density at radius 1 is 1.38 bits per heavy atom. The van der Waals surface area contributed by atoms with Crippen LogP contribution in [0.1, 0.15) is 38.2 Å². The standard InChI is InChI=1S/C15H19N3O3/c1-9(2)11-8-10(4-6-13(11)21-3)16-15(20)12-5-7-14(19)18-17-12/h4,6,8-9H,5,7H2,1-3H3,(H,16,20)(H,18,19). The molecule has 0 saturated heterocycles. The van der Waals surface area contributed by atoms with E-state index in [1.54, 1.807) is 13.2 Å². The van der Waals surface area contributed by atoms with Crippen LogP contribution in [0.5, 0.6) is 5.75 Å². The fraction of sp³-hybridized carbons (Fsp3) is 0.400. The number of benzene rings is 1. The van der Waals surface area contributed by atoms with Gasteiger partial charge in [0.2, 0.25) is 5.91 Å². The molecule has 0 saturated carbocycles. The van der Waals surface area contributed by atoms with Gasteiger partial charge in [0.25, 0.3) is 5.91 Å². The molecule has 21 heavy (non-hydrogen) atoms. The molecule has 2 rings (SSSR count). The van der Waals surface area contributed by atoms with Crippen LogP contribution in [0.15, 0.2) is 23.3 Å². The number of rotatable bonds is 4. The van der Waals surface area contributed by atoms with Gasteiger partial charge in [0, 0.05) is 18.5 Å². The molecule has 0 radical (unpaired) electrons. The molecule has 112 valence electrons. The molecule has 6 heteroatoms. The lowest BCUT2D eigenvalue weighted by atomic mass is 10.0. The van der Waals surface area contributed by atoms with Crippen LogP contribution in [0, 0.1) is 0 Å². The highest BCUT2D eigenvalue weighted by atomic mass is 16.5. The summed E-state index contributed by atoms with van der Waals surface area (Å²) in [6.45, 7) is 4.12. The molecular weight excluding hydrogens is 270 g/mol. The molecule has 0 aliphatic carbocycles. The predicted molar refractivity (Wildman–Crippen MR) is 80.5 cm³/mol. The number of amides is 2. The van der Waals surface area contributed by atoms with Crippen molar-refractivity contribution >= 4 is 23.2 Å². The first-order chi connectivity index (χ1) is 10.0. The van der Waals surface area contributed by atoms with Crippen molar-refractivity contribution in [3.05, 3.63) is 23.8 Å². The van der Waals surface area contributed by atoms with E-state index < -0.39 is 0 Å². The molecule has 0 bridgehead atoms. The molecule has 0 spiro atoms. The Balaban J connectivity index is 2.14. The van der Waals surface area contributed by atoms with Gasteiger partial charge in [0.1, 0.15) is 11.5 Å². The van der Waals surface area contributed by atoms with Gasteiger partial charge >= 0.3 is 0 Å². The fourth-order valence-corrected chi connectivity index (χ4v) is 2.10. The Hall–Kier alpha value is -2.37. The van der Waals surface area contributed by atoms with Gasteiger partial charge in [0.15, 0.2) is 0 Å². The topological polar surface area (TPSA) is 79.8 Å². The normalized spacial score (nSPS) is 14.5. The summed E-state index contributed by atoms with van der Waals surface area (Å²) in [5, 5.41) is 6.57. The average molecular weight is 289 g/mol. The second-order valence-electron chi connectivity index (χ2n) is 5.16. The Morgan fingerprint density at radius 3 is 2.71 bits per heavy atom. The molecule has 2 amide bonds. The third-order valence-electron chi connectivity index (χ3n) is 3.28. The van der Waals surface area contributed by atoms with E-state index in [4.69, 9.17) is 4.74 Å². The summed E-state index contributed by atoms with van der Waals surface area (Å²) in [7, 11) is 1.62. The number of nitrogens with one attached hydrogen (secondary N) is 2. The number of hydrazone groups is 1. The van der Waals surface area contributed by atoms with E-state index >= 15 is 0 Å². The Kier molecular flexibility index (Phi) is 4.57. The highest BCUT2D eigenvalue weighted by molar-refractivity contribution is 6.43. The number of hydrogen-bond acceptors (Lipinski definition) is 4. The van der Waals surface area contributed by atoms with Crippen LogP contribution < -0.4 is 15.5 Å². The van der Waals surface area contributed by atoms with Gasteiger partial charge in [-0.1, -0.05) is 13.8 Å². The summed E-state index contributed by atoms with van der Waals surface area (Å²) >= 11 is 0. The van der Waals surface area contributed by atoms with Crippen LogP contribution in [0.25, 0.3) is 0 Å². The second kappa shape index (κ2) is 6.39. The molecule has 1 aliphatic heterocycles. The predicted octanol–water partition coefficient (Wildman–Crippen LogP) is 2.02. The summed E-state index contributed by atoms with van der Waals surface area (Å²) in [6, 6.07) is 5.50. The molecule has 1 aliphatic rings. The van der Waals surface area contributed by atoms with Crippen LogP contribution in [0.4, 0.5) is 5.69 Å². The zero-order chi connectivity index (χ0) is 15.4. The van der Waals surface area contributed by atoms with Crippen molar-refractivity contribution in [2.24, 2.45) is 5.10 Å². The zero-order valence-electron chi connectivity index (χ0n) is 12.4. The van der Waals surface area contributed by atoms with Crippen LogP contribution >= 0.6 is 0 Å². The van der Waals surface area contributed by atoms with Gasteiger partial charge in [-0.05, 0) is 29.7 Å². The second-order valence-corrected chi connectivity index (χ2v) is 5.16. The minimum atomic E-state index is -0.296. The van der Waals surface area contributed by atoms with E-state index in [-0.39, 0.29) is 24.2 Å². The lowest BCUT2D eigenvalue weighted by Crippen LogP contribution is -2.32. The number of methoxy groups -OCH3 is 1. The van der Waals surface area contributed by atoms with Crippen LogP contribution in [-0.4, -0.2) is 24.6 Å². The minimum absolute atomic E-state index is 0.168. The van der Waals surface area contributed by atoms with Crippen molar-refractivity contribution in [3.63, 3.8) is 0 Å². The highest BCUT2D eigenvalue weighted by Gasteiger charge is 2.19. The van der Waals surface area contributed by atoms with Crippen molar-refractivity contribution in [2.75, 3.05) is 12.4 Å². The maximum absolute atomic E-state index is 12.1. The number of anilines is 1. The fourth-order valence-electron chi connectivity index (χ4n) is 2.10. The average Bonchev–Trinajstić information content (AvgIpc) is 2.47. The quantitative estimate of drug-likeness (QED) is 0.890. The molecule has 0 atom stereocenters. The summed E-state index contributed by atoms with van der Waals surface area (Å²) in [4.78, 5) is 23.1. The van der Waals surface area contributed by atoms with Crippen molar-refractivity contribution < 1.29 is 14.3 Å². The SMILES string of the molecule is COc1ccc(NC(=O)C2=NNC(=O)CC2)cc1C(C)C. The van der Waals surface area contributed by atoms with Crippen molar-refractivity contribution in [3.8, 4) is 5.75 Å². The van der Waals surface area contributed by atoms with Gasteiger partial charge < -0.3 is 10.1 Å². The van der Waals surface area contributed by atoms with E-state index in [9.17, 15) is 9.59 Å². The van der Waals surface area contributed by atoms with Crippen molar-refractivity contribution in [1.29, 1.82) is 0 Å². The van der Waals surface area contributed by atoms with E-state index in [2.05, 4.69) is 29.7 Å². The lowest BCUT2D eigenvalue weighted by Gasteiger charge is -2.15. The summed E-state index contributed by atoms with van der Waals surface area (Å²) < 4.78 is 5.31. The van der Waals surface area contributed by atoms with Gasteiger partial charge in [-0.2, -0.15) is 5.10 Å². The monoisotopic (exact) mass is 289 g/mol. The number of ether oxygens (including phenoxy) is 1. The van der Waals surface area contributed by atoms with Gasteiger partial charge in [0.05, 0.1) is 7.11 Å². The molecular formula is C15H19N3O3. The van der Waals surface area contributed by atoms with Crippen LogP contribution in [-0.2, 0) is 9.59 Å². The summed E-state index contributed by atoms with van der Waals surface area (Å²) in [6.07, 6.45) is 0.636. The third kappa shape index (κ3) is 3.59. The first-order valence-electron chi connectivity index (χ1n) is 6.86. The third-order valence-corrected chi connectivity index (χ3v) is 3.28. The number of hydrogen-bond donors (Lipinski definition) is 2. The van der Waals surface area contributed by atoms with Gasteiger partial charge in [-0.3, -0.25) is 9.59 Å². The molecule has 0 unspecified atom stereocenters. The van der Waals surface area contributed by atoms with E-state index in [1.807, 2.05) is 12.1 Å². The Bertz CT molecular complexity index is 594. The minimum Gasteiger partial charge on any atom is -0.496 e. The first-order valence-corrected chi connectivity index (χ1v) is 6.86. The summed E-state index contributed by atoms with van der Waals surface area (Å²) in [5.41, 5.74) is 4.35. The maximum atomic E-state index is 12.1. The molecule has 1 heterocycles. The largest absolute Gasteiger partial charge is 0.496 e. The first kappa shape index (κ1) is 15.0. The maximum Gasteiger partial charge on any atom is 0.271 e. The van der Waals surface area contributed by atoms with Gasteiger partial charge in [-0.25, -0.2) is 5.43 Å². The molecule has 0 aromatic heterocycles. The van der Waals surface area contributed by atoms with Crippen LogP contribution in [0.3, 0.4) is 0 Å². The smallest absolute Gasteiger partial charge is 0.271 e. The highest BCUT2D eigenvalue weighted by Crippen LogP contribution is 2.29. The zero-order valence-corrected chi connectivity index (χ0v) is 12.4.